The maximum absolute atomic E-state index is 12.3. The summed E-state index contributed by atoms with van der Waals surface area (Å²) in [6, 6.07) is 13.2. The average Bonchev–Trinajstić information content (AvgIpc) is 2.99. The molecule has 1 N–H and O–H groups in total. The van der Waals surface area contributed by atoms with Gasteiger partial charge in [-0.1, -0.05) is 24.3 Å². The van der Waals surface area contributed by atoms with Gasteiger partial charge in [-0.05, 0) is 30.7 Å². The number of nitrogens with zero attached hydrogens (tertiary/aromatic N) is 2. The van der Waals surface area contributed by atoms with Gasteiger partial charge in [0.25, 0.3) is 0 Å². The Labute approximate surface area is 134 Å². The van der Waals surface area contributed by atoms with Gasteiger partial charge < -0.3 is 5.32 Å². The Hall–Kier alpha value is -2.95. The van der Waals surface area contributed by atoms with Crippen LogP contribution >= 0.6 is 0 Å². The smallest absolute Gasteiger partial charge is 0.231 e. The highest BCUT2D eigenvalue weighted by molar-refractivity contribution is 5.96. The Morgan fingerprint density at radius 1 is 1.09 bits per heavy atom. The number of nitrogens with one attached hydrogen (secondary N) is 1. The minimum absolute atomic E-state index is 0.0989. The van der Waals surface area contributed by atoms with Crippen LogP contribution in [-0.2, 0) is 4.79 Å². The average molecular weight is 307 g/mol. The van der Waals surface area contributed by atoms with Crippen LogP contribution in [0.1, 0.15) is 23.2 Å². The number of carbonyl (C=O) groups excluding carboxylic acids is 2. The van der Waals surface area contributed by atoms with E-state index in [0.717, 1.165) is 16.5 Å². The molecule has 0 aliphatic rings. The van der Waals surface area contributed by atoms with Crippen LogP contribution in [0.25, 0.3) is 10.9 Å². The van der Waals surface area contributed by atoms with Crippen LogP contribution in [0.3, 0.4) is 0 Å². The first-order valence-corrected chi connectivity index (χ1v) is 7.45. The minimum Gasteiger partial charge on any atom is -0.311 e. The lowest BCUT2D eigenvalue weighted by Gasteiger charge is -2.06. The highest BCUT2D eigenvalue weighted by Gasteiger charge is 2.11. The molecule has 2 heterocycles. The third-order valence-electron chi connectivity index (χ3n) is 3.61. The van der Waals surface area contributed by atoms with Gasteiger partial charge in [0.15, 0.2) is 0 Å². The number of aromatic nitrogens is 2. The van der Waals surface area contributed by atoms with E-state index in [9.17, 15) is 9.59 Å². The van der Waals surface area contributed by atoms with E-state index in [1.807, 2.05) is 43.3 Å². The van der Waals surface area contributed by atoms with Gasteiger partial charge in [0.1, 0.15) is 5.82 Å². The molecule has 5 heteroatoms. The molecule has 0 unspecified atom stereocenters. The first kappa shape index (κ1) is 15.0. The zero-order valence-electron chi connectivity index (χ0n) is 12.8. The van der Waals surface area contributed by atoms with Crippen molar-refractivity contribution >= 4 is 28.5 Å². The van der Waals surface area contributed by atoms with Crippen LogP contribution in [0.2, 0.25) is 0 Å². The topological polar surface area (TPSA) is 64.0 Å². The summed E-state index contributed by atoms with van der Waals surface area (Å²) in [7, 11) is 0. The molecule has 1 aromatic carbocycles. The summed E-state index contributed by atoms with van der Waals surface area (Å²) >= 11 is 0. The van der Waals surface area contributed by atoms with Gasteiger partial charge in [0.2, 0.25) is 11.8 Å². The predicted molar refractivity (Wildman–Crippen MR) is 89.4 cm³/mol. The van der Waals surface area contributed by atoms with Crippen LogP contribution < -0.4 is 5.32 Å². The van der Waals surface area contributed by atoms with Crippen molar-refractivity contribution in [1.29, 1.82) is 0 Å². The number of rotatable bonds is 4. The van der Waals surface area contributed by atoms with Crippen LogP contribution in [0.15, 0.2) is 54.9 Å². The third kappa shape index (κ3) is 3.45. The van der Waals surface area contributed by atoms with E-state index in [0.29, 0.717) is 5.82 Å². The zero-order chi connectivity index (χ0) is 16.2. The first-order chi connectivity index (χ1) is 11.1. The lowest BCUT2D eigenvalue weighted by Crippen LogP contribution is -2.16. The van der Waals surface area contributed by atoms with Gasteiger partial charge in [-0.2, -0.15) is 0 Å². The number of hydrogen-bond acceptors (Lipinski definition) is 3. The minimum atomic E-state index is -0.217. The normalized spacial score (nSPS) is 10.7. The molecule has 0 saturated heterocycles. The van der Waals surface area contributed by atoms with Crippen LogP contribution in [0.4, 0.5) is 5.82 Å². The number of carbonyl (C=O) groups is 2. The molecule has 2 aromatic heterocycles. The fraction of sp³-hybridized carbons (Fsp3) is 0.167. The van der Waals surface area contributed by atoms with Crippen molar-refractivity contribution in [2.75, 3.05) is 5.32 Å². The van der Waals surface area contributed by atoms with E-state index < -0.39 is 0 Å². The molecule has 0 bridgehead atoms. The second-order valence-electron chi connectivity index (χ2n) is 5.41. The highest BCUT2D eigenvalue weighted by atomic mass is 16.2. The highest BCUT2D eigenvalue weighted by Crippen LogP contribution is 2.16. The van der Waals surface area contributed by atoms with Crippen molar-refractivity contribution in [3.05, 3.63) is 60.4 Å². The lowest BCUT2D eigenvalue weighted by atomic mass is 10.2. The van der Waals surface area contributed by atoms with Crippen molar-refractivity contribution in [3.63, 3.8) is 0 Å². The fourth-order valence-corrected chi connectivity index (χ4v) is 2.39. The summed E-state index contributed by atoms with van der Waals surface area (Å²) in [5.74, 6) is 0.184. The number of hydrogen-bond donors (Lipinski definition) is 1. The molecule has 116 valence electrons. The third-order valence-corrected chi connectivity index (χ3v) is 3.61. The van der Waals surface area contributed by atoms with Crippen molar-refractivity contribution in [1.82, 2.24) is 9.55 Å². The molecule has 0 saturated carbocycles. The SMILES string of the molecule is Cc1ccc(NC(=O)CCC(=O)n2ccc3ccccc32)nc1. The van der Waals surface area contributed by atoms with Gasteiger partial charge in [-0.25, -0.2) is 4.98 Å². The molecule has 0 radical (unpaired) electrons. The zero-order valence-corrected chi connectivity index (χ0v) is 12.8. The monoisotopic (exact) mass is 307 g/mol. The summed E-state index contributed by atoms with van der Waals surface area (Å²) in [4.78, 5) is 28.3. The van der Waals surface area contributed by atoms with Gasteiger partial charge in [0, 0.05) is 30.6 Å². The molecule has 0 spiro atoms. The number of benzene rings is 1. The molecular weight excluding hydrogens is 290 g/mol. The molecule has 0 aliphatic heterocycles. The van der Waals surface area contributed by atoms with E-state index in [1.165, 1.54) is 0 Å². The summed E-state index contributed by atoms with van der Waals surface area (Å²) in [6.45, 7) is 1.93. The van der Waals surface area contributed by atoms with Gasteiger partial charge in [0.05, 0.1) is 5.52 Å². The molecule has 0 aliphatic carbocycles. The number of para-hydroxylation sites is 1. The Morgan fingerprint density at radius 2 is 1.91 bits per heavy atom. The van der Waals surface area contributed by atoms with Gasteiger partial charge in [-0.15, -0.1) is 0 Å². The summed E-state index contributed by atoms with van der Waals surface area (Å²) in [5, 5.41) is 3.70. The molecule has 0 atom stereocenters. The predicted octanol–water partition coefficient (Wildman–Crippen LogP) is 3.40. The van der Waals surface area contributed by atoms with Crippen LogP contribution in [-0.4, -0.2) is 21.4 Å². The standard InChI is InChI=1S/C18H17N3O2/c1-13-6-7-16(19-12-13)20-17(22)8-9-18(23)21-11-10-14-4-2-3-5-15(14)21/h2-7,10-12H,8-9H2,1H3,(H,19,20,22). The van der Waals surface area contributed by atoms with Crippen molar-refractivity contribution in [2.24, 2.45) is 0 Å². The number of amides is 1. The van der Waals surface area contributed by atoms with E-state index in [-0.39, 0.29) is 24.7 Å². The Morgan fingerprint density at radius 3 is 2.70 bits per heavy atom. The number of anilines is 1. The lowest BCUT2D eigenvalue weighted by molar-refractivity contribution is -0.116. The maximum atomic E-state index is 12.3. The van der Waals surface area contributed by atoms with Crippen molar-refractivity contribution in [3.8, 4) is 0 Å². The van der Waals surface area contributed by atoms with E-state index in [4.69, 9.17) is 0 Å². The summed E-state index contributed by atoms with van der Waals surface area (Å²) in [5.41, 5.74) is 1.88. The second kappa shape index (κ2) is 6.44. The number of aryl methyl sites for hydroxylation is 1. The Balaban J connectivity index is 1.60. The Bertz CT molecular complexity index is 850. The Kier molecular flexibility index (Phi) is 4.19. The van der Waals surface area contributed by atoms with Crippen LogP contribution in [0.5, 0.6) is 0 Å². The van der Waals surface area contributed by atoms with Crippen LogP contribution in [0, 0.1) is 6.92 Å². The van der Waals surface area contributed by atoms with Gasteiger partial charge in [-0.3, -0.25) is 14.2 Å². The maximum Gasteiger partial charge on any atom is 0.231 e. The summed E-state index contributed by atoms with van der Waals surface area (Å²) < 4.78 is 1.59. The summed E-state index contributed by atoms with van der Waals surface area (Å²) in [6.07, 6.45) is 3.70. The molecule has 5 nitrogen and oxygen atoms in total. The van der Waals surface area contributed by atoms with Crippen molar-refractivity contribution in [2.45, 2.75) is 19.8 Å². The molecule has 3 rings (SSSR count). The quantitative estimate of drug-likeness (QED) is 0.803. The molecule has 1 amide bonds. The fourth-order valence-electron chi connectivity index (χ4n) is 2.39. The van der Waals surface area contributed by atoms with Gasteiger partial charge >= 0.3 is 0 Å². The molecule has 0 fully saturated rings. The van der Waals surface area contributed by atoms with E-state index in [2.05, 4.69) is 10.3 Å². The molecule has 3 aromatic rings. The largest absolute Gasteiger partial charge is 0.311 e. The second-order valence-corrected chi connectivity index (χ2v) is 5.41. The number of pyridine rings is 1. The molecular formula is C18H17N3O2. The van der Waals surface area contributed by atoms with E-state index in [1.54, 1.807) is 23.0 Å². The van der Waals surface area contributed by atoms with E-state index >= 15 is 0 Å². The first-order valence-electron chi connectivity index (χ1n) is 7.45. The van der Waals surface area contributed by atoms with Crippen molar-refractivity contribution < 1.29 is 9.59 Å². The molecule has 23 heavy (non-hydrogen) atoms. The number of fused-ring (bicyclic) bond motifs is 1.